The van der Waals surface area contributed by atoms with Gasteiger partial charge in [0.05, 0.1) is 5.75 Å². The van der Waals surface area contributed by atoms with E-state index in [-0.39, 0.29) is 0 Å². The average Bonchev–Trinajstić information content (AvgIpc) is 2.16. The number of ketones is 1. The predicted octanol–water partition coefficient (Wildman–Crippen LogP) is 4.16. The van der Waals surface area contributed by atoms with Gasteiger partial charge in [-0.3, -0.25) is 4.79 Å². The zero-order valence-electron chi connectivity index (χ0n) is 9.00. The van der Waals surface area contributed by atoms with Crippen LogP contribution in [0.2, 0.25) is 0 Å². The first-order valence-corrected chi connectivity index (χ1v) is 6.76. The first-order valence-electron chi connectivity index (χ1n) is 4.98. The highest BCUT2D eigenvalue weighted by Crippen LogP contribution is 2.21. The minimum atomic E-state index is 0.331. The lowest BCUT2D eigenvalue weighted by Gasteiger charge is -2.03. The number of Topliss-reactive ketones (excluding diaryl/α,β-unsaturated/α-hetero) is 1. The molecular weight excluding hydrogens is 272 g/mol. The summed E-state index contributed by atoms with van der Waals surface area (Å²) < 4.78 is 1.07. The Labute approximate surface area is 104 Å². The number of carbonyl (C=O) groups is 1. The molecule has 82 valence electrons. The highest BCUT2D eigenvalue weighted by atomic mass is 79.9. The van der Waals surface area contributed by atoms with Crippen LogP contribution in [0.3, 0.4) is 0 Å². The van der Waals surface area contributed by atoms with Crippen LogP contribution >= 0.6 is 27.7 Å². The van der Waals surface area contributed by atoms with E-state index in [9.17, 15) is 4.79 Å². The van der Waals surface area contributed by atoms with Gasteiger partial charge in [-0.2, -0.15) is 0 Å². The van der Waals surface area contributed by atoms with E-state index < -0.39 is 0 Å². The van der Waals surface area contributed by atoms with E-state index in [1.165, 1.54) is 0 Å². The summed E-state index contributed by atoms with van der Waals surface area (Å²) in [5.74, 6) is 1.38. The topological polar surface area (TPSA) is 17.1 Å². The molecule has 0 aliphatic rings. The van der Waals surface area contributed by atoms with Gasteiger partial charge in [0.2, 0.25) is 0 Å². The van der Waals surface area contributed by atoms with Crippen LogP contribution in [0, 0.1) is 5.92 Å². The summed E-state index contributed by atoms with van der Waals surface area (Å²) in [6, 6.07) is 8.04. The van der Waals surface area contributed by atoms with Gasteiger partial charge < -0.3 is 0 Å². The third-order valence-electron chi connectivity index (χ3n) is 1.85. The summed E-state index contributed by atoms with van der Waals surface area (Å²) in [5.41, 5.74) is 0. The Kier molecular flexibility index (Phi) is 5.40. The average molecular weight is 287 g/mol. The van der Waals surface area contributed by atoms with Crippen LogP contribution < -0.4 is 0 Å². The lowest BCUT2D eigenvalue weighted by molar-refractivity contribution is -0.117. The first kappa shape index (κ1) is 12.8. The molecule has 1 rings (SSSR count). The lowest BCUT2D eigenvalue weighted by Crippen LogP contribution is -2.05. The minimum Gasteiger partial charge on any atom is -0.299 e. The van der Waals surface area contributed by atoms with Crippen LogP contribution in [-0.4, -0.2) is 11.5 Å². The van der Waals surface area contributed by atoms with Gasteiger partial charge in [-0.25, -0.2) is 0 Å². The molecule has 1 aromatic carbocycles. The first-order chi connectivity index (χ1) is 7.08. The van der Waals surface area contributed by atoms with E-state index in [1.807, 2.05) is 24.3 Å². The number of thioether (sulfide) groups is 1. The molecule has 15 heavy (non-hydrogen) atoms. The summed E-state index contributed by atoms with van der Waals surface area (Å²) in [7, 11) is 0. The molecule has 0 aliphatic carbocycles. The zero-order valence-corrected chi connectivity index (χ0v) is 11.4. The lowest BCUT2D eigenvalue weighted by atomic mass is 10.1. The highest BCUT2D eigenvalue weighted by Gasteiger charge is 2.05. The van der Waals surface area contributed by atoms with Crippen LogP contribution in [-0.2, 0) is 4.79 Å². The van der Waals surface area contributed by atoms with E-state index in [0.717, 1.165) is 9.37 Å². The molecule has 1 nitrogen and oxygen atoms in total. The van der Waals surface area contributed by atoms with Gasteiger partial charge in [-0.1, -0.05) is 29.8 Å². The molecular formula is C12H15BrOS. The highest BCUT2D eigenvalue weighted by molar-refractivity contribution is 9.10. The summed E-state index contributed by atoms with van der Waals surface area (Å²) in [6.07, 6.45) is 0.684. The third kappa shape index (κ3) is 5.38. The maximum Gasteiger partial charge on any atom is 0.143 e. The Bertz CT molecular complexity index is 319. The fourth-order valence-electron chi connectivity index (χ4n) is 1.21. The Morgan fingerprint density at radius 2 is 1.93 bits per heavy atom. The van der Waals surface area contributed by atoms with Crippen molar-refractivity contribution in [1.29, 1.82) is 0 Å². The van der Waals surface area contributed by atoms with Gasteiger partial charge in [0.15, 0.2) is 0 Å². The molecule has 0 N–H and O–H groups in total. The van der Waals surface area contributed by atoms with Crippen molar-refractivity contribution in [2.45, 2.75) is 25.2 Å². The van der Waals surface area contributed by atoms with E-state index >= 15 is 0 Å². The fourth-order valence-corrected chi connectivity index (χ4v) is 2.25. The molecule has 0 radical (unpaired) electrons. The summed E-state index contributed by atoms with van der Waals surface area (Å²) in [4.78, 5) is 12.6. The van der Waals surface area contributed by atoms with Crippen molar-refractivity contribution in [2.75, 3.05) is 5.75 Å². The molecule has 0 unspecified atom stereocenters. The number of halogens is 1. The normalized spacial score (nSPS) is 10.7. The second kappa shape index (κ2) is 6.33. The molecule has 0 fully saturated rings. The zero-order chi connectivity index (χ0) is 11.3. The monoisotopic (exact) mass is 286 g/mol. The van der Waals surface area contributed by atoms with E-state index in [2.05, 4.69) is 29.8 Å². The molecule has 0 heterocycles. The Morgan fingerprint density at radius 1 is 1.33 bits per heavy atom. The second-order valence-electron chi connectivity index (χ2n) is 3.88. The van der Waals surface area contributed by atoms with Crippen molar-refractivity contribution in [2.24, 2.45) is 5.92 Å². The Hall–Kier alpha value is -0.280. The molecule has 3 heteroatoms. The van der Waals surface area contributed by atoms with E-state index in [0.29, 0.717) is 23.9 Å². The summed E-state index contributed by atoms with van der Waals surface area (Å²) in [5, 5.41) is 0. The van der Waals surface area contributed by atoms with Gasteiger partial charge in [-0.05, 0) is 30.2 Å². The van der Waals surface area contributed by atoms with Crippen molar-refractivity contribution in [3.05, 3.63) is 28.7 Å². The largest absolute Gasteiger partial charge is 0.299 e. The summed E-state index contributed by atoms with van der Waals surface area (Å²) in [6.45, 7) is 4.14. The van der Waals surface area contributed by atoms with Crippen molar-refractivity contribution in [3.63, 3.8) is 0 Å². The Morgan fingerprint density at radius 3 is 2.47 bits per heavy atom. The molecule has 0 aliphatic heterocycles. The number of hydrogen-bond acceptors (Lipinski definition) is 2. The second-order valence-corrected chi connectivity index (χ2v) is 5.84. The van der Waals surface area contributed by atoms with Gasteiger partial charge in [-0.15, -0.1) is 11.8 Å². The molecule has 1 aromatic rings. The molecule has 0 spiro atoms. The standard InChI is InChI=1S/C12H15BrOS/c1-9(2)7-11(14)8-15-12-5-3-10(13)4-6-12/h3-6,9H,7-8H2,1-2H3. The fraction of sp³-hybridized carbons (Fsp3) is 0.417. The van der Waals surface area contributed by atoms with Crippen molar-refractivity contribution >= 4 is 33.5 Å². The molecule has 0 atom stereocenters. The Balaban J connectivity index is 2.37. The predicted molar refractivity (Wildman–Crippen MR) is 69.3 cm³/mol. The van der Waals surface area contributed by atoms with Crippen LogP contribution in [0.1, 0.15) is 20.3 Å². The molecule has 0 aromatic heterocycles. The van der Waals surface area contributed by atoms with Crippen LogP contribution in [0.4, 0.5) is 0 Å². The van der Waals surface area contributed by atoms with Gasteiger partial charge in [0, 0.05) is 15.8 Å². The molecule has 0 amide bonds. The van der Waals surface area contributed by atoms with Gasteiger partial charge in [0.25, 0.3) is 0 Å². The number of benzene rings is 1. The van der Waals surface area contributed by atoms with E-state index in [1.54, 1.807) is 11.8 Å². The quantitative estimate of drug-likeness (QED) is 0.756. The maximum absolute atomic E-state index is 11.5. The molecule has 0 saturated carbocycles. The van der Waals surface area contributed by atoms with Crippen LogP contribution in [0.15, 0.2) is 33.6 Å². The third-order valence-corrected chi connectivity index (χ3v) is 3.45. The van der Waals surface area contributed by atoms with Crippen molar-refractivity contribution < 1.29 is 4.79 Å². The number of carbonyl (C=O) groups excluding carboxylic acids is 1. The van der Waals surface area contributed by atoms with Gasteiger partial charge >= 0.3 is 0 Å². The number of rotatable bonds is 5. The SMILES string of the molecule is CC(C)CC(=O)CSc1ccc(Br)cc1. The molecule has 0 bridgehead atoms. The van der Waals surface area contributed by atoms with Crippen LogP contribution in [0.25, 0.3) is 0 Å². The molecule has 0 saturated heterocycles. The minimum absolute atomic E-state index is 0.331. The maximum atomic E-state index is 11.5. The number of hydrogen-bond donors (Lipinski definition) is 0. The smallest absolute Gasteiger partial charge is 0.143 e. The summed E-state index contributed by atoms with van der Waals surface area (Å²) >= 11 is 4.99. The van der Waals surface area contributed by atoms with Crippen molar-refractivity contribution in [3.8, 4) is 0 Å². The van der Waals surface area contributed by atoms with E-state index in [4.69, 9.17) is 0 Å². The van der Waals surface area contributed by atoms with Crippen molar-refractivity contribution in [1.82, 2.24) is 0 Å². The van der Waals surface area contributed by atoms with Gasteiger partial charge in [0.1, 0.15) is 5.78 Å². The van der Waals surface area contributed by atoms with Crippen LogP contribution in [0.5, 0.6) is 0 Å².